The van der Waals surface area contributed by atoms with Crippen molar-refractivity contribution in [3.8, 4) is 22.8 Å². The van der Waals surface area contributed by atoms with Crippen molar-refractivity contribution in [2.45, 2.75) is 19.3 Å². The van der Waals surface area contributed by atoms with Crippen LogP contribution in [0.25, 0.3) is 11.3 Å². The molecule has 1 saturated heterocycles. The number of amides is 1. The highest BCUT2D eigenvalue weighted by atomic mass is 32.1. The Labute approximate surface area is 156 Å². The number of hydrogen-bond acceptors (Lipinski definition) is 6. The van der Waals surface area contributed by atoms with Crippen molar-refractivity contribution in [3.05, 3.63) is 23.6 Å². The topological polar surface area (TPSA) is 72.5 Å². The molecule has 0 radical (unpaired) electrons. The number of nitrogens with one attached hydrogen (secondary N) is 2. The van der Waals surface area contributed by atoms with Gasteiger partial charge in [-0.15, -0.1) is 11.3 Å². The second-order valence-electron chi connectivity index (χ2n) is 6.97. The first-order valence-electron chi connectivity index (χ1n) is 8.85. The van der Waals surface area contributed by atoms with Gasteiger partial charge < -0.3 is 20.1 Å². The summed E-state index contributed by atoms with van der Waals surface area (Å²) in [5.74, 6) is 1.59. The first kappa shape index (κ1) is 17.3. The maximum absolute atomic E-state index is 12.6. The van der Waals surface area contributed by atoms with Gasteiger partial charge in [0.15, 0.2) is 16.6 Å². The van der Waals surface area contributed by atoms with Gasteiger partial charge in [-0.2, -0.15) is 0 Å². The maximum atomic E-state index is 12.6. The Kier molecular flexibility index (Phi) is 4.58. The summed E-state index contributed by atoms with van der Waals surface area (Å²) < 4.78 is 10.6. The molecule has 26 heavy (non-hydrogen) atoms. The normalized spacial score (nSPS) is 20.6. The molecule has 4 rings (SSSR count). The predicted octanol–water partition coefficient (Wildman–Crippen LogP) is 3.16. The van der Waals surface area contributed by atoms with E-state index in [0.29, 0.717) is 16.6 Å². The van der Waals surface area contributed by atoms with Crippen LogP contribution in [0, 0.1) is 11.3 Å². The van der Waals surface area contributed by atoms with E-state index in [1.54, 1.807) is 14.2 Å². The Morgan fingerprint density at radius 2 is 2.04 bits per heavy atom. The number of piperidine rings is 1. The first-order valence-corrected chi connectivity index (χ1v) is 9.73. The van der Waals surface area contributed by atoms with Gasteiger partial charge in [-0.1, -0.05) is 0 Å². The summed E-state index contributed by atoms with van der Waals surface area (Å²) in [5, 5.41) is 8.97. The molecule has 0 bridgehead atoms. The van der Waals surface area contributed by atoms with Crippen LogP contribution in [0.15, 0.2) is 23.6 Å². The van der Waals surface area contributed by atoms with Crippen LogP contribution in [-0.2, 0) is 4.79 Å². The number of rotatable bonds is 5. The van der Waals surface area contributed by atoms with Crippen molar-refractivity contribution in [1.82, 2.24) is 10.3 Å². The van der Waals surface area contributed by atoms with Crippen molar-refractivity contribution < 1.29 is 14.3 Å². The number of carbonyl (C=O) groups is 1. The van der Waals surface area contributed by atoms with E-state index in [1.807, 2.05) is 23.6 Å². The Balaban J connectivity index is 1.44. The molecule has 1 saturated carbocycles. The van der Waals surface area contributed by atoms with Crippen molar-refractivity contribution in [2.75, 3.05) is 32.6 Å². The minimum Gasteiger partial charge on any atom is -0.493 e. The molecule has 138 valence electrons. The third kappa shape index (κ3) is 3.17. The lowest BCUT2D eigenvalue weighted by Gasteiger charge is -2.22. The van der Waals surface area contributed by atoms with E-state index in [4.69, 9.17) is 9.47 Å². The zero-order chi connectivity index (χ0) is 18.1. The molecule has 1 aliphatic carbocycles. The number of aromatic nitrogens is 1. The predicted molar refractivity (Wildman–Crippen MR) is 102 cm³/mol. The van der Waals surface area contributed by atoms with E-state index in [1.165, 1.54) is 11.3 Å². The number of thiazole rings is 1. The second-order valence-corrected chi connectivity index (χ2v) is 7.82. The highest BCUT2D eigenvalue weighted by molar-refractivity contribution is 7.14. The van der Waals surface area contributed by atoms with Crippen LogP contribution in [0.1, 0.15) is 19.3 Å². The van der Waals surface area contributed by atoms with Crippen molar-refractivity contribution in [2.24, 2.45) is 11.3 Å². The SMILES string of the molecule is COc1ccc(-c2csc(NC(=O)C3CC34CCNCC4)n2)cc1OC. The number of benzene rings is 1. The lowest BCUT2D eigenvalue weighted by molar-refractivity contribution is -0.118. The van der Waals surface area contributed by atoms with Crippen LogP contribution in [0.2, 0.25) is 0 Å². The number of methoxy groups -OCH3 is 2. The molecule has 2 fully saturated rings. The largest absolute Gasteiger partial charge is 0.493 e. The lowest BCUT2D eigenvalue weighted by Crippen LogP contribution is -2.31. The monoisotopic (exact) mass is 373 g/mol. The summed E-state index contributed by atoms with van der Waals surface area (Å²) in [7, 11) is 3.22. The molecule has 1 aliphatic heterocycles. The number of nitrogens with zero attached hydrogens (tertiary/aromatic N) is 1. The number of ether oxygens (including phenoxy) is 2. The molecular weight excluding hydrogens is 350 g/mol. The van der Waals surface area contributed by atoms with Gasteiger partial charge in [-0.05, 0) is 56.0 Å². The van der Waals surface area contributed by atoms with Gasteiger partial charge >= 0.3 is 0 Å². The zero-order valence-electron chi connectivity index (χ0n) is 15.0. The molecule has 2 heterocycles. The Hall–Kier alpha value is -2.12. The van der Waals surface area contributed by atoms with Gasteiger partial charge in [0.2, 0.25) is 5.91 Å². The summed E-state index contributed by atoms with van der Waals surface area (Å²) in [5.41, 5.74) is 1.98. The van der Waals surface area contributed by atoms with Gasteiger partial charge in [0.25, 0.3) is 0 Å². The molecule has 1 aromatic heterocycles. The average Bonchev–Trinajstić information content (AvgIpc) is 3.15. The van der Waals surface area contributed by atoms with Crippen molar-refractivity contribution >= 4 is 22.4 Å². The Morgan fingerprint density at radius 1 is 1.27 bits per heavy atom. The Morgan fingerprint density at radius 3 is 2.77 bits per heavy atom. The smallest absolute Gasteiger partial charge is 0.229 e. The number of hydrogen-bond donors (Lipinski definition) is 2. The lowest BCUT2D eigenvalue weighted by atomic mass is 9.92. The molecule has 2 aromatic rings. The fourth-order valence-corrected chi connectivity index (χ4v) is 4.57. The average molecular weight is 373 g/mol. The fraction of sp³-hybridized carbons (Fsp3) is 0.474. The van der Waals surface area contributed by atoms with E-state index < -0.39 is 0 Å². The van der Waals surface area contributed by atoms with Crippen LogP contribution < -0.4 is 20.1 Å². The molecule has 7 heteroatoms. The summed E-state index contributed by atoms with van der Waals surface area (Å²) >= 11 is 1.45. The third-order valence-corrected chi connectivity index (χ3v) is 6.28. The molecule has 1 atom stereocenters. The summed E-state index contributed by atoms with van der Waals surface area (Å²) in [4.78, 5) is 17.1. The van der Waals surface area contributed by atoms with Gasteiger partial charge in [0.1, 0.15) is 0 Å². The van der Waals surface area contributed by atoms with E-state index in [-0.39, 0.29) is 17.2 Å². The fourth-order valence-electron chi connectivity index (χ4n) is 3.85. The van der Waals surface area contributed by atoms with Gasteiger partial charge in [0, 0.05) is 16.9 Å². The van der Waals surface area contributed by atoms with Crippen LogP contribution >= 0.6 is 11.3 Å². The molecular formula is C19H23N3O3S. The number of anilines is 1. The summed E-state index contributed by atoms with van der Waals surface area (Å²) in [6.07, 6.45) is 3.20. The minimum atomic E-state index is 0.111. The van der Waals surface area contributed by atoms with E-state index in [0.717, 1.165) is 43.6 Å². The van der Waals surface area contributed by atoms with Crippen molar-refractivity contribution in [1.29, 1.82) is 0 Å². The molecule has 1 unspecified atom stereocenters. The quantitative estimate of drug-likeness (QED) is 0.842. The van der Waals surface area contributed by atoms with Gasteiger partial charge in [-0.25, -0.2) is 4.98 Å². The summed E-state index contributed by atoms with van der Waals surface area (Å²) in [6, 6.07) is 5.69. The number of carbonyl (C=O) groups excluding carboxylic acids is 1. The highest BCUT2D eigenvalue weighted by Gasteiger charge is 2.57. The van der Waals surface area contributed by atoms with Crippen molar-refractivity contribution in [3.63, 3.8) is 0 Å². The molecule has 1 aromatic carbocycles. The second kappa shape index (κ2) is 6.89. The van der Waals surface area contributed by atoms with E-state index in [9.17, 15) is 4.79 Å². The van der Waals surface area contributed by atoms with Gasteiger partial charge in [-0.3, -0.25) is 4.79 Å². The molecule has 1 spiro atoms. The van der Waals surface area contributed by atoms with Gasteiger partial charge in [0.05, 0.1) is 19.9 Å². The molecule has 6 nitrogen and oxygen atoms in total. The van der Waals surface area contributed by atoms with Crippen LogP contribution in [0.3, 0.4) is 0 Å². The molecule has 2 aliphatic rings. The van der Waals surface area contributed by atoms with Crippen LogP contribution in [0.5, 0.6) is 11.5 Å². The molecule has 1 amide bonds. The Bertz CT molecular complexity index is 814. The minimum absolute atomic E-state index is 0.111. The first-order chi connectivity index (χ1) is 12.6. The van der Waals surface area contributed by atoms with E-state index in [2.05, 4.69) is 15.6 Å². The van der Waals surface area contributed by atoms with E-state index >= 15 is 0 Å². The maximum Gasteiger partial charge on any atom is 0.229 e. The summed E-state index contributed by atoms with van der Waals surface area (Å²) in [6.45, 7) is 2.04. The van der Waals surface area contributed by atoms with Crippen LogP contribution in [-0.4, -0.2) is 38.2 Å². The van der Waals surface area contributed by atoms with Crippen LogP contribution in [0.4, 0.5) is 5.13 Å². The standard InChI is InChI=1S/C19H23N3O3S/c1-24-15-4-3-12(9-16(15)25-2)14-11-26-18(21-14)22-17(23)13-10-19(13)5-7-20-8-6-19/h3-4,9,11,13,20H,5-8,10H2,1-2H3,(H,21,22,23). The third-order valence-electron chi connectivity index (χ3n) is 5.52. The highest BCUT2D eigenvalue weighted by Crippen LogP contribution is 2.58. The zero-order valence-corrected chi connectivity index (χ0v) is 15.8. The molecule has 2 N–H and O–H groups in total.